The molecule has 1 rings (SSSR count). The summed E-state index contributed by atoms with van der Waals surface area (Å²) in [5.74, 6) is 0.751. The summed E-state index contributed by atoms with van der Waals surface area (Å²) in [6, 6.07) is 4.96. The van der Waals surface area contributed by atoms with E-state index >= 15 is 0 Å². The molecular weight excluding hydrogens is 152 g/mol. The SMILES string of the molecule is CC=CCCc1cccc(=O)o1. The zero-order chi connectivity index (χ0) is 8.81. The lowest BCUT2D eigenvalue weighted by atomic mass is 10.2. The Morgan fingerprint density at radius 2 is 2.33 bits per heavy atom. The highest BCUT2D eigenvalue weighted by Gasteiger charge is 1.92. The number of hydrogen-bond acceptors (Lipinski definition) is 2. The maximum Gasteiger partial charge on any atom is 0.335 e. The van der Waals surface area contributed by atoms with Gasteiger partial charge in [0.15, 0.2) is 0 Å². The van der Waals surface area contributed by atoms with Crippen LogP contribution >= 0.6 is 0 Å². The Kier molecular flexibility index (Phi) is 3.33. The van der Waals surface area contributed by atoms with Gasteiger partial charge >= 0.3 is 5.63 Å². The number of hydrogen-bond donors (Lipinski definition) is 0. The minimum Gasteiger partial charge on any atom is -0.428 e. The van der Waals surface area contributed by atoms with Gasteiger partial charge in [0.05, 0.1) is 0 Å². The summed E-state index contributed by atoms with van der Waals surface area (Å²) in [4.78, 5) is 10.7. The first kappa shape index (κ1) is 8.78. The van der Waals surface area contributed by atoms with E-state index in [1.54, 1.807) is 6.07 Å². The van der Waals surface area contributed by atoms with Gasteiger partial charge in [-0.1, -0.05) is 18.2 Å². The van der Waals surface area contributed by atoms with Crippen LogP contribution < -0.4 is 5.63 Å². The highest BCUT2D eigenvalue weighted by Crippen LogP contribution is 1.99. The molecular formula is C10H12O2. The zero-order valence-corrected chi connectivity index (χ0v) is 7.12. The van der Waals surface area contributed by atoms with Crippen LogP contribution in [0.1, 0.15) is 19.1 Å². The third-order valence-electron chi connectivity index (χ3n) is 1.54. The Hall–Kier alpha value is -1.31. The van der Waals surface area contributed by atoms with Crippen LogP contribution in [-0.2, 0) is 6.42 Å². The van der Waals surface area contributed by atoms with E-state index in [2.05, 4.69) is 0 Å². The lowest BCUT2D eigenvalue weighted by molar-refractivity contribution is 0.460. The van der Waals surface area contributed by atoms with Gasteiger partial charge in [-0.25, -0.2) is 4.79 Å². The normalized spacial score (nSPS) is 10.8. The van der Waals surface area contributed by atoms with Gasteiger partial charge in [-0.15, -0.1) is 0 Å². The van der Waals surface area contributed by atoms with E-state index in [9.17, 15) is 4.79 Å². The molecule has 0 aliphatic heterocycles. The highest BCUT2D eigenvalue weighted by molar-refractivity contribution is 5.00. The molecule has 2 heteroatoms. The fourth-order valence-corrected chi connectivity index (χ4v) is 0.958. The summed E-state index contributed by atoms with van der Waals surface area (Å²) >= 11 is 0. The van der Waals surface area contributed by atoms with Crippen molar-refractivity contribution in [2.24, 2.45) is 0 Å². The van der Waals surface area contributed by atoms with Crippen molar-refractivity contribution < 1.29 is 4.42 Å². The molecule has 2 nitrogen and oxygen atoms in total. The van der Waals surface area contributed by atoms with Gasteiger partial charge in [0, 0.05) is 12.5 Å². The fourth-order valence-electron chi connectivity index (χ4n) is 0.958. The van der Waals surface area contributed by atoms with Gasteiger partial charge in [-0.05, 0) is 19.4 Å². The van der Waals surface area contributed by atoms with Crippen LogP contribution in [-0.4, -0.2) is 0 Å². The Labute approximate surface area is 71.5 Å². The van der Waals surface area contributed by atoms with Crippen LogP contribution in [0.3, 0.4) is 0 Å². The van der Waals surface area contributed by atoms with E-state index in [0.29, 0.717) is 0 Å². The van der Waals surface area contributed by atoms with Crippen molar-refractivity contribution in [2.75, 3.05) is 0 Å². The van der Waals surface area contributed by atoms with Crippen LogP contribution in [0.5, 0.6) is 0 Å². The number of allylic oxidation sites excluding steroid dienone is 2. The molecule has 0 saturated heterocycles. The lowest BCUT2D eigenvalue weighted by Crippen LogP contribution is -1.97. The summed E-state index contributed by atoms with van der Waals surface area (Å²) in [5.41, 5.74) is -0.270. The monoisotopic (exact) mass is 164 g/mol. The van der Waals surface area contributed by atoms with Gasteiger partial charge in [0.2, 0.25) is 0 Å². The van der Waals surface area contributed by atoms with E-state index in [1.807, 2.05) is 25.1 Å². The van der Waals surface area contributed by atoms with Gasteiger partial charge < -0.3 is 4.42 Å². The molecule has 0 spiro atoms. The van der Waals surface area contributed by atoms with Crippen molar-refractivity contribution in [3.8, 4) is 0 Å². The molecule has 1 heterocycles. The zero-order valence-electron chi connectivity index (χ0n) is 7.12. The molecule has 0 amide bonds. The fraction of sp³-hybridized carbons (Fsp3) is 0.300. The molecule has 12 heavy (non-hydrogen) atoms. The molecule has 0 bridgehead atoms. The second-order valence-electron chi connectivity index (χ2n) is 2.52. The van der Waals surface area contributed by atoms with Crippen LogP contribution in [0.25, 0.3) is 0 Å². The Bertz CT molecular complexity index is 310. The van der Waals surface area contributed by atoms with E-state index in [0.717, 1.165) is 18.6 Å². The van der Waals surface area contributed by atoms with Crippen molar-refractivity contribution in [2.45, 2.75) is 19.8 Å². The standard InChI is InChI=1S/C10H12O2/c1-2-3-4-6-9-7-5-8-10(11)12-9/h2-3,5,7-8H,4,6H2,1H3. The predicted octanol–water partition coefficient (Wildman–Crippen LogP) is 2.15. The van der Waals surface area contributed by atoms with Crippen molar-refractivity contribution in [3.63, 3.8) is 0 Å². The molecule has 1 aromatic heterocycles. The molecule has 0 fully saturated rings. The van der Waals surface area contributed by atoms with Crippen LogP contribution in [0.4, 0.5) is 0 Å². The van der Waals surface area contributed by atoms with E-state index in [1.165, 1.54) is 6.07 Å². The van der Waals surface area contributed by atoms with Crippen molar-refractivity contribution in [3.05, 3.63) is 46.5 Å². The molecule has 64 valence electrons. The molecule has 0 unspecified atom stereocenters. The maximum absolute atomic E-state index is 10.7. The number of aryl methyl sites for hydroxylation is 1. The van der Waals surface area contributed by atoms with Crippen molar-refractivity contribution >= 4 is 0 Å². The van der Waals surface area contributed by atoms with Crippen LogP contribution in [0.2, 0.25) is 0 Å². The lowest BCUT2D eigenvalue weighted by Gasteiger charge is -1.93. The van der Waals surface area contributed by atoms with Crippen molar-refractivity contribution in [1.82, 2.24) is 0 Å². The highest BCUT2D eigenvalue weighted by atomic mass is 16.4. The van der Waals surface area contributed by atoms with E-state index < -0.39 is 0 Å². The topological polar surface area (TPSA) is 30.2 Å². The van der Waals surface area contributed by atoms with Crippen LogP contribution in [0, 0.1) is 0 Å². The summed E-state index contributed by atoms with van der Waals surface area (Å²) in [5, 5.41) is 0. The summed E-state index contributed by atoms with van der Waals surface area (Å²) < 4.78 is 4.93. The second-order valence-corrected chi connectivity index (χ2v) is 2.52. The first-order valence-electron chi connectivity index (χ1n) is 4.03. The third-order valence-corrected chi connectivity index (χ3v) is 1.54. The minimum atomic E-state index is -0.270. The Morgan fingerprint density at radius 3 is 3.00 bits per heavy atom. The Balaban J connectivity index is 2.58. The molecule has 1 aromatic rings. The van der Waals surface area contributed by atoms with Gasteiger partial charge in [-0.2, -0.15) is 0 Å². The maximum atomic E-state index is 10.7. The molecule has 0 N–H and O–H groups in total. The van der Waals surface area contributed by atoms with Crippen molar-refractivity contribution in [1.29, 1.82) is 0 Å². The first-order chi connectivity index (χ1) is 5.83. The molecule has 0 atom stereocenters. The van der Waals surface area contributed by atoms with Gasteiger partial charge in [0.25, 0.3) is 0 Å². The average molecular weight is 164 g/mol. The van der Waals surface area contributed by atoms with Crippen LogP contribution in [0.15, 0.2) is 39.6 Å². The van der Waals surface area contributed by atoms with E-state index in [-0.39, 0.29) is 5.63 Å². The van der Waals surface area contributed by atoms with Gasteiger partial charge in [0.1, 0.15) is 5.76 Å². The van der Waals surface area contributed by atoms with Gasteiger partial charge in [-0.3, -0.25) is 0 Å². The quantitative estimate of drug-likeness (QED) is 0.641. The predicted molar refractivity (Wildman–Crippen MR) is 48.1 cm³/mol. The Morgan fingerprint density at radius 1 is 1.50 bits per heavy atom. The first-order valence-corrected chi connectivity index (χ1v) is 4.03. The summed E-state index contributed by atoms with van der Waals surface area (Å²) in [6.07, 6.45) is 5.75. The summed E-state index contributed by atoms with van der Waals surface area (Å²) in [6.45, 7) is 1.97. The largest absolute Gasteiger partial charge is 0.428 e. The third kappa shape index (κ3) is 2.74. The molecule has 0 aliphatic carbocycles. The summed E-state index contributed by atoms with van der Waals surface area (Å²) in [7, 11) is 0. The minimum absolute atomic E-state index is 0.270. The molecule has 0 saturated carbocycles. The second kappa shape index (κ2) is 4.54. The average Bonchev–Trinajstić information content (AvgIpc) is 2.05. The van der Waals surface area contributed by atoms with E-state index in [4.69, 9.17) is 4.42 Å². The number of rotatable bonds is 3. The molecule has 0 radical (unpaired) electrons. The molecule has 0 aliphatic rings. The molecule has 0 aromatic carbocycles. The smallest absolute Gasteiger partial charge is 0.335 e.